The number of carboxylic acids is 1. The summed E-state index contributed by atoms with van der Waals surface area (Å²) in [6, 6.07) is 15.5. The highest BCUT2D eigenvalue weighted by molar-refractivity contribution is 8.03. The summed E-state index contributed by atoms with van der Waals surface area (Å²) >= 11 is 6.91. The van der Waals surface area contributed by atoms with Crippen LogP contribution in [0.4, 0.5) is 0 Å². The van der Waals surface area contributed by atoms with E-state index in [1.54, 1.807) is 13.0 Å². The third-order valence-corrected chi connectivity index (χ3v) is 5.39. The number of aliphatic carboxylic acids is 1. The second-order valence-corrected chi connectivity index (χ2v) is 7.79. The van der Waals surface area contributed by atoms with Gasteiger partial charge in [-0.1, -0.05) is 41.9 Å². The topological polar surface area (TPSA) is 81.2 Å². The van der Waals surface area contributed by atoms with E-state index in [2.05, 4.69) is 14.8 Å². The molecule has 0 spiro atoms. The zero-order valence-electron chi connectivity index (χ0n) is 15.4. The van der Waals surface area contributed by atoms with Crippen LogP contribution in [0.1, 0.15) is 17.0 Å². The monoisotopic (exact) mass is 425 g/mol. The number of aromatic nitrogens is 3. The fraction of sp³-hybridized carbons (Fsp3) is 0.0952. The molecule has 0 saturated carbocycles. The number of para-hydroxylation sites is 1. The van der Waals surface area contributed by atoms with E-state index in [4.69, 9.17) is 16.0 Å². The first kappa shape index (κ1) is 19.3. The Morgan fingerprint density at radius 1 is 1.21 bits per heavy atom. The summed E-state index contributed by atoms with van der Waals surface area (Å²) in [4.78, 5) is 11.9. The Balaban J connectivity index is 1.73. The highest BCUT2D eigenvalue weighted by Gasteiger charge is 2.16. The maximum absolute atomic E-state index is 11.8. The highest BCUT2D eigenvalue weighted by Crippen LogP contribution is 2.31. The molecule has 0 aliphatic rings. The van der Waals surface area contributed by atoms with E-state index in [1.807, 2.05) is 54.7 Å². The molecular formula is C21H16ClN3O3S. The zero-order chi connectivity index (χ0) is 20.4. The molecule has 0 atom stereocenters. The van der Waals surface area contributed by atoms with Crippen LogP contribution in [0.15, 0.2) is 69.3 Å². The Labute approximate surface area is 175 Å². The van der Waals surface area contributed by atoms with Crippen molar-refractivity contribution in [1.29, 1.82) is 0 Å². The molecular weight excluding hydrogens is 410 g/mol. The fourth-order valence-electron chi connectivity index (χ4n) is 3.00. The van der Waals surface area contributed by atoms with Gasteiger partial charge in [0, 0.05) is 41.2 Å². The molecule has 0 bridgehead atoms. The summed E-state index contributed by atoms with van der Waals surface area (Å²) in [5, 5.41) is 19.1. The Morgan fingerprint density at radius 2 is 1.97 bits per heavy atom. The van der Waals surface area contributed by atoms with Crippen LogP contribution in [0.2, 0.25) is 5.02 Å². The lowest BCUT2D eigenvalue weighted by Crippen LogP contribution is -1.98. The van der Waals surface area contributed by atoms with Gasteiger partial charge in [0.15, 0.2) is 0 Å². The van der Waals surface area contributed by atoms with Crippen molar-refractivity contribution in [2.24, 2.45) is 0 Å². The minimum atomic E-state index is -1.06. The van der Waals surface area contributed by atoms with Gasteiger partial charge < -0.3 is 14.1 Å². The van der Waals surface area contributed by atoms with E-state index in [0.717, 1.165) is 33.8 Å². The van der Waals surface area contributed by atoms with Gasteiger partial charge in [-0.2, -0.15) is 0 Å². The molecule has 0 amide bonds. The molecule has 0 radical (unpaired) electrons. The molecule has 0 saturated heterocycles. The van der Waals surface area contributed by atoms with E-state index in [1.165, 1.54) is 0 Å². The lowest BCUT2D eigenvalue weighted by Gasteiger charge is -2.05. The molecule has 1 N–H and O–H groups in total. The van der Waals surface area contributed by atoms with Crippen LogP contribution in [0.5, 0.6) is 0 Å². The standard InChI is InChI=1S/C21H16ClN3O3S/c1-13-23-24-21(28-13)29-19(20(26)27)10-15-12-25(18-5-3-2-4-17(15)18)11-14-6-8-16(22)9-7-14/h2-10,12H,11H2,1H3,(H,26,27)/b19-10-. The average Bonchev–Trinajstić information content (AvgIpc) is 3.27. The van der Waals surface area contributed by atoms with Crippen LogP contribution in [-0.2, 0) is 11.3 Å². The normalized spacial score (nSPS) is 11.9. The Bertz CT molecular complexity index is 1210. The van der Waals surface area contributed by atoms with Crippen molar-refractivity contribution >= 4 is 46.3 Å². The third-order valence-electron chi connectivity index (χ3n) is 4.29. The summed E-state index contributed by atoms with van der Waals surface area (Å²) in [6.07, 6.45) is 3.58. The third kappa shape index (κ3) is 4.36. The Morgan fingerprint density at radius 3 is 2.66 bits per heavy atom. The number of fused-ring (bicyclic) bond motifs is 1. The van der Waals surface area contributed by atoms with Gasteiger partial charge in [-0.25, -0.2) is 4.79 Å². The molecule has 0 aliphatic carbocycles. The van der Waals surface area contributed by atoms with E-state index in [9.17, 15) is 9.90 Å². The van der Waals surface area contributed by atoms with Crippen molar-refractivity contribution < 1.29 is 14.3 Å². The van der Waals surface area contributed by atoms with Gasteiger partial charge >= 0.3 is 5.97 Å². The number of thioether (sulfide) groups is 1. The van der Waals surface area contributed by atoms with Gasteiger partial charge in [-0.15, -0.1) is 10.2 Å². The van der Waals surface area contributed by atoms with E-state index in [0.29, 0.717) is 17.5 Å². The first-order valence-corrected chi connectivity index (χ1v) is 9.94. The van der Waals surface area contributed by atoms with Crippen molar-refractivity contribution in [3.8, 4) is 0 Å². The van der Waals surface area contributed by atoms with E-state index in [-0.39, 0.29) is 10.1 Å². The van der Waals surface area contributed by atoms with E-state index >= 15 is 0 Å². The smallest absolute Gasteiger partial charge is 0.342 e. The van der Waals surface area contributed by atoms with Gasteiger partial charge in [-0.05, 0) is 41.6 Å². The van der Waals surface area contributed by atoms with Crippen LogP contribution in [0, 0.1) is 6.92 Å². The number of carbonyl (C=O) groups is 1. The molecule has 0 unspecified atom stereocenters. The second-order valence-electron chi connectivity index (χ2n) is 6.36. The number of halogens is 1. The van der Waals surface area contributed by atoms with Crippen LogP contribution in [0.3, 0.4) is 0 Å². The molecule has 2 heterocycles. The average molecular weight is 426 g/mol. The fourth-order valence-corrected chi connectivity index (χ4v) is 3.83. The maximum atomic E-state index is 11.8. The van der Waals surface area contributed by atoms with Crippen LogP contribution in [0.25, 0.3) is 17.0 Å². The van der Waals surface area contributed by atoms with Gasteiger partial charge in [-0.3, -0.25) is 0 Å². The van der Waals surface area contributed by atoms with E-state index < -0.39 is 5.97 Å². The second kappa shape index (κ2) is 8.14. The summed E-state index contributed by atoms with van der Waals surface area (Å²) < 4.78 is 7.39. The number of carboxylic acid groups (broad SMARTS) is 1. The van der Waals surface area contributed by atoms with Gasteiger partial charge in [0.2, 0.25) is 5.89 Å². The SMILES string of the molecule is Cc1nnc(S/C(=C\c2cn(Cc3ccc(Cl)cc3)c3ccccc23)C(=O)O)o1. The summed E-state index contributed by atoms with van der Waals surface area (Å²) in [7, 11) is 0. The first-order chi connectivity index (χ1) is 14.0. The maximum Gasteiger partial charge on any atom is 0.342 e. The summed E-state index contributed by atoms with van der Waals surface area (Å²) in [5.41, 5.74) is 2.91. The van der Waals surface area contributed by atoms with Crippen molar-refractivity contribution in [2.75, 3.05) is 0 Å². The molecule has 29 heavy (non-hydrogen) atoms. The molecule has 8 heteroatoms. The number of nitrogens with zero attached hydrogens (tertiary/aromatic N) is 3. The lowest BCUT2D eigenvalue weighted by molar-refractivity contribution is -0.131. The van der Waals surface area contributed by atoms with Crippen molar-refractivity contribution in [2.45, 2.75) is 18.7 Å². The number of hydrogen-bond acceptors (Lipinski definition) is 5. The van der Waals surface area contributed by atoms with Gasteiger partial charge in [0.05, 0.1) is 0 Å². The van der Waals surface area contributed by atoms with Gasteiger partial charge in [0.25, 0.3) is 5.22 Å². The predicted molar refractivity (Wildman–Crippen MR) is 113 cm³/mol. The number of rotatable bonds is 6. The summed E-state index contributed by atoms with van der Waals surface area (Å²) in [6.45, 7) is 2.30. The first-order valence-electron chi connectivity index (χ1n) is 8.75. The Kier molecular flexibility index (Phi) is 5.42. The highest BCUT2D eigenvalue weighted by atomic mass is 35.5. The summed E-state index contributed by atoms with van der Waals surface area (Å²) in [5.74, 6) is -0.669. The minimum Gasteiger partial charge on any atom is -0.477 e. The molecule has 2 aromatic carbocycles. The molecule has 2 aromatic heterocycles. The molecule has 0 fully saturated rings. The van der Waals surface area contributed by atoms with Crippen molar-refractivity contribution in [3.63, 3.8) is 0 Å². The predicted octanol–water partition coefficient (Wildman–Crippen LogP) is 5.25. The number of hydrogen-bond donors (Lipinski definition) is 1. The zero-order valence-corrected chi connectivity index (χ0v) is 16.9. The van der Waals surface area contributed by atoms with Crippen LogP contribution in [-0.4, -0.2) is 25.8 Å². The van der Waals surface area contributed by atoms with Gasteiger partial charge in [0.1, 0.15) is 4.91 Å². The largest absolute Gasteiger partial charge is 0.477 e. The molecule has 6 nitrogen and oxygen atoms in total. The molecule has 0 aliphatic heterocycles. The quantitative estimate of drug-likeness (QED) is 0.335. The molecule has 4 aromatic rings. The van der Waals surface area contributed by atoms with Crippen molar-refractivity contribution in [1.82, 2.24) is 14.8 Å². The van der Waals surface area contributed by atoms with Crippen LogP contribution < -0.4 is 0 Å². The molecule has 146 valence electrons. The number of benzene rings is 2. The minimum absolute atomic E-state index is 0.100. The lowest BCUT2D eigenvalue weighted by atomic mass is 10.1. The molecule has 4 rings (SSSR count). The number of aryl methyl sites for hydroxylation is 1. The van der Waals surface area contributed by atoms with Crippen LogP contribution >= 0.6 is 23.4 Å². The van der Waals surface area contributed by atoms with Crippen molar-refractivity contribution in [3.05, 3.63) is 81.7 Å². The Hall–Kier alpha value is -3.03.